The lowest BCUT2D eigenvalue weighted by molar-refractivity contribution is 0.0949. The third kappa shape index (κ3) is 4.78. The molecule has 2 heterocycles. The quantitative estimate of drug-likeness (QED) is 0.720. The molecular formula is C20H28N4O3. The molecule has 0 spiro atoms. The molecule has 7 nitrogen and oxygen atoms in total. The molecule has 0 atom stereocenters. The summed E-state index contributed by atoms with van der Waals surface area (Å²) in [6.45, 7) is 4.03. The van der Waals surface area contributed by atoms with Crippen LogP contribution in [0.25, 0.3) is 0 Å². The van der Waals surface area contributed by atoms with Crippen LogP contribution in [0, 0.1) is 0 Å². The van der Waals surface area contributed by atoms with Crippen molar-refractivity contribution in [1.82, 2.24) is 20.1 Å². The Bertz CT molecular complexity index is 773. The number of carbonyl (C=O) groups excluding carboxylic acids is 1. The lowest BCUT2D eigenvalue weighted by atomic mass is 10.2. The Balaban J connectivity index is 1.63. The molecule has 1 amide bonds. The molecule has 0 bridgehead atoms. The number of nitrogens with one attached hydrogen (secondary N) is 1. The number of unbranched alkanes of at least 4 members (excludes halogenated alkanes) is 1. The fourth-order valence-electron chi connectivity index (χ4n) is 3.19. The largest absolute Gasteiger partial charge is 0.493 e. The SMILES string of the molecule is CCCCOc1ccc(C(=O)NCc2nnc3n2CCCCC3)cc1OC. The Labute approximate surface area is 160 Å². The Kier molecular flexibility index (Phi) is 6.68. The molecule has 1 aliphatic heterocycles. The molecule has 0 aliphatic carbocycles. The summed E-state index contributed by atoms with van der Waals surface area (Å²) in [6.07, 6.45) is 6.49. The third-order valence-electron chi connectivity index (χ3n) is 4.77. The number of rotatable bonds is 8. The first kappa shape index (κ1) is 19.2. The van der Waals surface area contributed by atoms with Crippen LogP contribution >= 0.6 is 0 Å². The molecule has 0 radical (unpaired) electrons. The van der Waals surface area contributed by atoms with Crippen LogP contribution in [0.3, 0.4) is 0 Å². The van der Waals surface area contributed by atoms with E-state index in [0.29, 0.717) is 30.2 Å². The zero-order valence-electron chi connectivity index (χ0n) is 16.2. The van der Waals surface area contributed by atoms with E-state index in [1.165, 1.54) is 6.42 Å². The number of hydrogen-bond acceptors (Lipinski definition) is 5. The molecule has 1 aromatic carbocycles. The average molecular weight is 372 g/mol. The van der Waals surface area contributed by atoms with Gasteiger partial charge in [-0.1, -0.05) is 19.8 Å². The monoisotopic (exact) mass is 372 g/mol. The van der Waals surface area contributed by atoms with Gasteiger partial charge >= 0.3 is 0 Å². The first-order valence-corrected chi connectivity index (χ1v) is 9.73. The average Bonchev–Trinajstić information content (AvgIpc) is 2.92. The van der Waals surface area contributed by atoms with Gasteiger partial charge < -0.3 is 19.4 Å². The molecule has 2 aromatic rings. The van der Waals surface area contributed by atoms with Crippen molar-refractivity contribution in [3.05, 3.63) is 35.4 Å². The van der Waals surface area contributed by atoms with Gasteiger partial charge in [-0.05, 0) is 37.5 Å². The van der Waals surface area contributed by atoms with Crippen molar-refractivity contribution in [1.29, 1.82) is 0 Å². The molecule has 1 N–H and O–H groups in total. The highest BCUT2D eigenvalue weighted by Gasteiger charge is 2.16. The molecule has 0 saturated heterocycles. The number of aromatic nitrogens is 3. The van der Waals surface area contributed by atoms with Crippen LogP contribution in [0.4, 0.5) is 0 Å². The van der Waals surface area contributed by atoms with Gasteiger partial charge in [-0.2, -0.15) is 0 Å². The van der Waals surface area contributed by atoms with Crippen LogP contribution in [-0.4, -0.2) is 34.4 Å². The number of aryl methyl sites for hydroxylation is 1. The zero-order valence-corrected chi connectivity index (χ0v) is 16.2. The molecule has 1 aromatic heterocycles. The number of hydrogen-bond donors (Lipinski definition) is 1. The number of ether oxygens (including phenoxy) is 2. The van der Waals surface area contributed by atoms with E-state index in [-0.39, 0.29) is 5.91 Å². The van der Waals surface area contributed by atoms with E-state index in [1.54, 1.807) is 25.3 Å². The highest BCUT2D eigenvalue weighted by molar-refractivity contribution is 5.94. The topological polar surface area (TPSA) is 78.3 Å². The maximum atomic E-state index is 12.6. The van der Waals surface area contributed by atoms with Crippen LogP contribution in [0.5, 0.6) is 11.5 Å². The summed E-state index contributed by atoms with van der Waals surface area (Å²) in [5.74, 6) is 2.89. The van der Waals surface area contributed by atoms with Gasteiger partial charge in [-0.15, -0.1) is 10.2 Å². The minimum absolute atomic E-state index is 0.167. The predicted molar refractivity (Wildman–Crippen MR) is 102 cm³/mol. The molecule has 0 saturated carbocycles. The van der Waals surface area contributed by atoms with Crippen molar-refractivity contribution in [2.75, 3.05) is 13.7 Å². The number of carbonyl (C=O) groups is 1. The standard InChI is InChI=1S/C20H28N4O3/c1-3-4-12-27-16-10-9-15(13-17(16)26-2)20(25)21-14-19-23-22-18-8-6-5-7-11-24(18)19/h9-10,13H,3-8,11-12,14H2,1-2H3,(H,21,25). The van der Waals surface area contributed by atoms with E-state index in [2.05, 4.69) is 27.0 Å². The van der Waals surface area contributed by atoms with E-state index in [0.717, 1.165) is 50.3 Å². The highest BCUT2D eigenvalue weighted by Crippen LogP contribution is 2.28. The van der Waals surface area contributed by atoms with Gasteiger partial charge in [0.05, 0.1) is 20.3 Å². The van der Waals surface area contributed by atoms with E-state index in [1.807, 2.05) is 0 Å². The van der Waals surface area contributed by atoms with Gasteiger partial charge in [0.1, 0.15) is 5.82 Å². The van der Waals surface area contributed by atoms with Gasteiger partial charge in [0, 0.05) is 18.5 Å². The Hall–Kier alpha value is -2.57. The summed E-state index contributed by atoms with van der Waals surface area (Å²) < 4.78 is 13.2. The Morgan fingerprint density at radius 1 is 1.22 bits per heavy atom. The fraction of sp³-hybridized carbons (Fsp3) is 0.550. The van der Waals surface area contributed by atoms with Crippen molar-refractivity contribution in [2.24, 2.45) is 0 Å². The van der Waals surface area contributed by atoms with Crippen molar-refractivity contribution < 1.29 is 14.3 Å². The number of nitrogens with zero attached hydrogens (tertiary/aromatic N) is 3. The molecule has 27 heavy (non-hydrogen) atoms. The molecule has 146 valence electrons. The first-order valence-electron chi connectivity index (χ1n) is 9.73. The zero-order chi connectivity index (χ0) is 19.1. The summed E-state index contributed by atoms with van der Waals surface area (Å²) in [4.78, 5) is 12.6. The minimum atomic E-state index is -0.167. The minimum Gasteiger partial charge on any atom is -0.493 e. The Morgan fingerprint density at radius 2 is 2.11 bits per heavy atom. The maximum absolute atomic E-state index is 12.6. The fourth-order valence-corrected chi connectivity index (χ4v) is 3.19. The molecular weight excluding hydrogens is 344 g/mol. The second-order valence-corrected chi connectivity index (χ2v) is 6.75. The van der Waals surface area contributed by atoms with Crippen molar-refractivity contribution in [3.63, 3.8) is 0 Å². The normalized spacial score (nSPS) is 13.6. The molecule has 7 heteroatoms. The van der Waals surface area contributed by atoms with Crippen LogP contribution in [0.2, 0.25) is 0 Å². The van der Waals surface area contributed by atoms with E-state index >= 15 is 0 Å². The van der Waals surface area contributed by atoms with Crippen LogP contribution in [0.1, 0.15) is 61.0 Å². The molecule has 3 rings (SSSR count). The van der Waals surface area contributed by atoms with Crippen LogP contribution < -0.4 is 14.8 Å². The number of fused-ring (bicyclic) bond motifs is 1. The Morgan fingerprint density at radius 3 is 2.93 bits per heavy atom. The summed E-state index contributed by atoms with van der Waals surface area (Å²) in [7, 11) is 1.58. The lowest BCUT2D eigenvalue weighted by Gasteiger charge is -2.12. The molecule has 0 unspecified atom stereocenters. The third-order valence-corrected chi connectivity index (χ3v) is 4.77. The van der Waals surface area contributed by atoms with Crippen LogP contribution in [-0.2, 0) is 19.5 Å². The number of benzene rings is 1. The summed E-state index contributed by atoms with van der Waals surface area (Å²) >= 11 is 0. The second kappa shape index (κ2) is 9.39. The van der Waals surface area contributed by atoms with Crippen molar-refractivity contribution in [2.45, 2.75) is 58.5 Å². The van der Waals surface area contributed by atoms with Gasteiger partial charge in [0.15, 0.2) is 17.3 Å². The first-order chi connectivity index (χ1) is 13.2. The smallest absolute Gasteiger partial charge is 0.251 e. The van der Waals surface area contributed by atoms with E-state index in [9.17, 15) is 4.79 Å². The number of amides is 1. The highest BCUT2D eigenvalue weighted by atomic mass is 16.5. The van der Waals surface area contributed by atoms with Gasteiger partial charge in [0.2, 0.25) is 0 Å². The summed E-state index contributed by atoms with van der Waals surface area (Å²) in [6, 6.07) is 5.25. The van der Waals surface area contributed by atoms with Gasteiger partial charge in [-0.25, -0.2) is 0 Å². The van der Waals surface area contributed by atoms with E-state index in [4.69, 9.17) is 9.47 Å². The van der Waals surface area contributed by atoms with Gasteiger partial charge in [0.25, 0.3) is 5.91 Å². The number of methoxy groups -OCH3 is 1. The van der Waals surface area contributed by atoms with Gasteiger partial charge in [-0.3, -0.25) is 4.79 Å². The molecule has 0 fully saturated rings. The van der Waals surface area contributed by atoms with Crippen molar-refractivity contribution >= 4 is 5.91 Å². The maximum Gasteiger partial charge on any atom is 0.251 e. The van der Waals surface area contributed by atoms with Crippen molar-refractivity contribution in [3.8, 4) is 11.5 Å². The van der Waals surface area contributed by atoms with Crippen LogP contribution in [0.15, 0.2) is 18.2 Å². The predicted octanol–water partition coefficient (Wildman–Crippen LogP) is 3.12. The second-order valence-electron chi connectivity index (χ2n) is 6.75. The summed E-state index contributed by atoms with van der Waals surface area (Å²) in [5.41, 5.74) is 0.533. The van der Waals surface area contributed by atoms with E-state index < -0.39 is 0 Å². The molecule has 1 aliphatic rings. The summed E-state index contributed by atoms with van der Waals surface area (Å²) in [5, 5.41) is 11.5. The lowest BCUT2D eigenvalue weighted by Crippen LogP contribution is -2.25.